The predicted molar refractivity (Wildman–Crippen MR) is 87.2 cm³/mol. The molecule has 0 saturated carbocycles. The average molecular weight is 282 g/mol. The van der Waals surface area contributed by atoms with Crippen molar-refractivity contribution in [2.24, 2.45) is 5.73 Å². The second-order valence-corrected chi connectivity index (χ2v) is 5.17. The molecule has 0 aromatic heterocycles. The Labute approximate surface area is 126 Å². The third-order valence-electron chi connectivity index (χ3n) is 3.55. The van der Waals surface area contributed by atoms with E-state index in [1.54, 1.807) is 0 Å². The van der Waals surface area contributed by atoms with Crippen molar-refractivity contribution in [3.05, 3.63) is 65.7 Å². The third-order valence-corrected chi connectivity index (χ3v) is 3.55. The fourth-order valence-corrected chi connectivity index (χ4v) is 2.16. The Kier molecular flexibility index (Phi) is 5.52. The topological polar surface area (TPSA) is 55.1 Å². The van der Waals surface area contributed by atoms with Crippen LogP contribution in [0, 0.1) is 0 Å². The monoisotopic (exact) mass is 282 g/mol. The van der Waals surface area contributed by atoms with Gasteiger partial charge in [-0.15, -0.1) is 0 Å². The van der Waals surface area contributed by atoms with E-state index >= 15 is 0 Å². The zero-order valence-electron chi connectivity index (χ0n) is 12.4. The van der Waals surface area contributed by atoms with Gasteiger partial charge in [-0.3, -0.25) is 4.79 Å². The molecule has 1 unspecified atom stereocenters. The average Bonchev–Trinajstić information content (AvgIpc) is 2.54. The van der Waals surface area contributed by atoms with Crippen molar-refractivity contribution in [2.75, 3.05) is 5.32 Å². The number of carbonyl (C=O) groups is 1. The minimum Gasteiger partial charge on any atom is -0.325 e. The molecule has 2 aromatic carbocycles. The lowest BCUT2D eigenvalue weighted by atomic mass is 10.1. The van der Waals surface area contributed by atoms with Crippen LogP contribution in [0.1, 0.15) is 24.5 Å². The Morgan fingerprint density at radius 3 is 2.33 bits per heavy atom. The van der Waals surface area contributed by atoms with E-state index in [2.05, 4.69) is 12.2 Å². The van der Waals surface area contributed by atoms with Crippen molar-refractivity contribution >= 4 is 11.6 Å². The quantitative estimate of drug-likeness (QED) is 0.855. The van der Waals surface area contributed by atoms with Crippen molar-refractivity contribution in [3.63, 3.8) is 0 Å². The summed E-state index contributed by atoms with van der Waals surface area (Å²) in [6, 6.07) is 17.5. The van der Waals surface area contributed by atoms with Gasteiger partial charge in [0.05, 0.1) is 6.04 Å². The standard InChI is InChI=1S/C18H22N2O/c1-2-14-8-11-16(12-9-14)20-18(21)17(19)13-10-15-6-4-3-5-7-15/h3-9,11-12,17H,2,10,13,19H2,1H3,(H,20,21). The summed E-state index contributed by atoms with van der Waals surface area (Å²) in [5, 5.41) is 2.87. The highest BCUT2D eigenvalue weighted by Crippen LogP contribution is 2.11. The zero-order valence-corrected chi connectivity index (χ0v) is 12.4. The van der Waals surface area contributed by atoms with Gasteiger partial charge in [-0.2, -0.15) is 0 Å². The minimum absolute atomic E-state index is 0.129. The number of amides is 1. The molecule has 0 saturated heterocycles. The first kappa shape index (κ1) is 15.3. The van der Waals surface area contributed by atoms with E-state index < -0.39 is 6.04 Å². The minimum atomic E-state index is -0.490. The Hall–Kier alpha value is -2.13. The number of nitrogens with two attached hydrogens (primary N) is 1. The van der Waals surface area contributed by atoms with Crippen molar-refractivity contribution in [1.82, 2.24) is 0 Å². The van der Waals surface area contributed by atoms with Gasteiger partial charge in [0.2, 0.25) is 5.91 Å². The molecule has 0 aliphatic carbocycles. The summed E-state index contributed by atoms with van der Waals surface area (Å²) >= 11 is 0. The number of aryl methyl sites for hydroxylation is 2. The maximum Gasteiger partial charge on any atom is 0.241 e. The van der Waals surface area contributed by atoms with E-state index in [1.165, 1.54) is 11.1 Å². The summed E-state index contributed by atoms with van der Waals surface area (Å²) in [5.74, 6) is -0.129. The Balaban J connectivity index is 1.84. The summed E-state index contributed by atoms with van der Waals surface area (Å²) < 4.78 is 0. The number of rotatable bonds is 6. The molecule has 0 fully saturated rings. The predicted octanol–water partition coefficient (Wildman–Crippen LogP) is 3.15. The van der Waals surface area contributed by atoms with Crippen LogP contribution in [0.5, 0.6) is 0 Å². The third kappa shape index (κ3) is 4.72. The SMILES string of the molecule is CCc1ccc(NC(=O)C(N)CCc2ccccc2)cc1. The highest BCUT2D eigenvalue weighted by molar-refractivity contribution is 5.94. The Bertz CT molecular complexity index is 564. The number of benzene rings is 2. The molecule has 0 spiro atoms. The molecule has 1 amide bonds. The lowest BCUT2D eigenvalue weighted by molar-refractivity contribution is -0.117. The number of hydrogen-bond donors (Lipinski definition) is 2. The van der Waals surface area contributed by atoms with E-state index in [0.29, 0.717) is 6.42 Å². The maximum atomic E-state index is 12.1. The largest absolute Gasteiger partial charge is 0.325 e. The zero-order chi connectivity index (χ0) is 15.1. The molecule has 3 nitrogen and oxygen atoms in total. The molecule has 0 aliphatic rings. The van der Waals surface area contributed by atoms with E-state index in [9.17, 15) is 4.79 Å². The molecule has 1 atom stereocenters. The molecule has 110 valence electrons. The van der Waals surface area contributed by atoms with Crippen LogP contribution in [0.4, 0.5) is 5.69 Å². The second kappa shape index (κ2) is 7.60. The summed E-state index contributed by atoms with van der Waals surface area (Å²) in [6.07, 6.45) is 2.44. The highest BCUT2D eigenvalue weighted by atomic mass is 16.2. The summed E-state index contributed by atoms with van der Waals surface area (Å²) in [4.78, 5) is 12.1. The van der Waals surface area contributed by atoms with Crippen LogP contribution in [0.3, 0.4) is 0 Å². The molecule has 0 radical (unpaired) electrons. The lowest BCUT2D eigenvalue weighted by Crippen LogP contribution is -2.36. The van der Waals surface area contributed by atoms with Crippen LogP contribution in [-0.2, 0) is 17.6 Å². The summed E-state index contributed by atoms with van der Waals surface area (Å²) in [6.45, 7) is 2.10. The Morgan fingerprint density at radius 2 is 1.71 bits per heavy atom. The first-order valence-electron chi connectivity index (χ1n) is 7.38. The second-order valence-electron chi connectivity index (χ2n) is 5.17. The van der Waals surface area contributed by atoms with Crippen LogP contribution in [0.2, 0.25) is 0 Å². The van der Waals surface area contributed by atoms with Gasteiger partial charge in [-0.25, -0.2) is 0 Å². The van der Waals surface area contributed by atoms with E-state index in [1.807, 2.05) is 54.6 Å². The molecule has 0 aliphatic heterocycles. The molecule has 3 heteroatoms. The van der Waals surface area contributed by atoms with Gasteiger partial charge in [0.1, 0.15) is 0 Å². The molecule has 0 heterocycles. The normalized spacial score (nSPS) is 11.9. The van der Waals surface area contributed by atoms with E-state index in [0.717, 1.165) is 18.5 Å². The first-order chi connectivity index (χ1) is 10.2. The Morgan fingerprint density at radius 1 is 1.05 bits per heavy atom. The van der Waals surface area contributed by atoms with Gasteiger partial charge in [0, 0.05) is 5.69 Å². The molecular formula is C18H22N2O. The number of hydrogen-bond acceptors (Lipinski definition) is 2. The first-order valence-corrected chi connectivity index (χ1v) is 7.38. The summed E-state index contributed by atoms with van der Waals surface area (Å²) in [7, 11) is 0. The summed E-state index contributed by atoms with van der Waals surface area (Å²) in [5.41, 5.74) is 9.21. The molecular weight excluding hydrogens is 260 g/mol. The maximum absolute atomic E-state index is 12.1. The highest BCUT2D eigenvalue weighted by Gasteiger charge is 2.13. The van der Waals surface area contributed by atoms with Crippen LogP contribution < -0.4 is 11.1 Å². The van der Waals surface area contributed by atoms with Crippen molar-refractivity contribution in [1.29, 1.82) is 0 Å². The van der Waals surface area contributed by atoms with Crippen LogP contribution in [0.25, 0.3) is 0 Å². The number of anilines is 1. The molecule has 2 rings (SSSR count). The molecule has 21 heavy (non-hydrogen) atoms. The van der Waals surface area contributed by atoms with Gasteiger partial charge in [0.15, 0.2) is 0 Å². The van der Waals surface area contributed by atoms with Gasteiger partial charge in [-0.1, -0.05) is 49.4 Å². The number of nitrogens with one attached hydrogen (secondary N) is 1. The van der Waals surface area contributed by atoms with Crippen LogP contribution in [0.15, 0.2) is 54.6 Å². The van der Waals surface area contributed by atoms with Crippen molar-refractivity contribution in [2.45, 2.75) is 32.2 Å². The van der Waals surface area contributed by atoms with Crippen molar-refractivity contribution in [3.8, 4) is 0 Å². The van der Waals surface area contributed by atoms with Gasteiger partial charge < -0.3 is 11.1 Å². The fraction of sp³-hybridized carbons (Fsp3) is 0.278. The lowest BCUT2D eigenvalue weighted by Gasteiger charge is -2.12. The number of carbonyl (C=O) groups excluding carboxylic acids is 1. The van der Waals surface area contributed by atoms with E-state index in [4.69, 9.17) is 5.73 Å². The van der Waals surface area contributed by atoms with Crippen LogP contribution in [-0.4, -0.2) is 11.9 Å². The van der Waals surface area contributed by atoms with Gasteiger partial charge in [-0.05, 0) is 42.5 Å². The fourth-order valence-electron chi connectivity index (χ4n) is 2.16. The molecule has 2 aromatic rings. The smallest absolute Gasteiger partial charge is 0.241 e. The van der Waals surface area contributed by atoms with Crippen molar-refractivity contribution < 1.29 is 4.79 Å². The molecule has 0 bridgehead atoms. The van der Waals surface area contributed by atoms with Crippen LogP contribution >= 0.6 is 0 Å². The van der Waals surface area contributed by atoms with Gasteiger partial charge in [0.25, 0.3) is 0 Å². The van der Waals surface area contributed by atoms with E-state index in [-0.39, 0.29) is 5.91 Å². The molecule has 3 N–H and O–H groups in total. The van der Waals surface area contributed by atoms with Gasteiger partial charge >= 0.3 is 0 Å².